The van der Waals surface area contributed by atoms with E-state index in [2.05, 4.69) is 4.98 Å². The van der Waals surface area contributed by atoms with Crippen LogP contribution >= 0.6 is 11.3 Å². The summed E-state index contributed by atoms with van der Waals surface area (Å²) in [6, 6.07) is 17.7. The molecule has 6 nitrogen and oxygen atoms in total. The summed E-state index contributed by atoms with van der Waals surface area (Å²) in [5.41, 5.74) is 1.52. The van der Waals surface area contributed by atoms with Gasteiger partial charge in [-0.1, -0.05) is 41.7 Å². The number of hydrogen-bond donors (Lipinski definition) is 0. The molecule has 0 atom stereocenters. The van der Waals surface area contributed by atoms with E-state index in [4.69, 9.17) is 14.2 Å². The highest BCUT2D eigenvalue weighted by Gasteiger charge is 2.28. The van der Waals surface area contributed by atoms with Gasteiger partial charge in [-0.3, -0.25) is 4.79 Å². The van der Waals surface area contributed by atoms with Crippen molar-refractivity contribution in [3.63, 3.8) is 0 Å². The van der Waals surface area contributed by atoms with Crippen LogP contribution in [0.1, 0.15) is 30.1 Å². The molecule has 1 aliphatic heterocycles. The van der Waals surface area contributed by atoms with Gasteiger partial charge in [0.2, 0.25) is 0 Å². The van der Waals surface area contributed by atoms with Crippen molar-refractivity contribution < 1.29 is 19.0 Å². The van der Waals surface area contributed by atoms with Crippen LogP contribution in [0.4, 0.5) is 0 Å². The molecule has 0 unspecified atom stereocenters. The Hall–Kier alpha value is -3.32. The number of aromatic nitrogens is 1. The smallest absolute Gasteiger partial charge is 0.274 e. The van der Waals surface area contributed by atoms with Gasteiger partial charge in [0.1, 0.15) is 17.6 Å². The van der Waals surface area contributed by atoms with Crippen LogP contribution in [0.5, 0.6) is 16.7 Å². The highest BCUT2D eigenvalue weighted by atomic mass is 32.1. The summed E-state index contributed by atoms with van der Waals surface area (Å²) >= 11 is 1.54. The number of hydrogen-bond acceptors (Lipinski definition) is 6. The SMILES string of the molecule is CCOc1ccc2ccccc2c1C(=O)N1CCC(Oc2nc3cc(OC)ccc3s2)CC1. The fourth-order valence-corrected chi connectivity index (χ4v) is 5.15. The van der Waals surface area contributed by atoms with Crippen molar-refractivity contribution >= 4 is 38.2 Å². The van der Waals surface area contributed by atoms with Crippen LogP contribution in [-0.4, -0.2) is 48.7 Å². The van der Waals surface area contributed by atoms with Crippen LogP contribution in [0.25, 0.3) is 21.0 Å². The van der Waals surface area contributed by atoms with Crippen molar-refractivity contribution in [3.05, 3.63) is 60.2 Å². The first-order valence-electron chi connectivity index (χ1n) is 11.2. The Bertz CT molecular complexity index is 1290. The summed E-state index contributed by atoms with van der Waals surface area (Å²) < 4.78 is 18.3. The Kier molecular flexibility index (Phi) is 6.05. The van der Waals surface area contributed by atoms with E-state index in [1.807, 2.05) is 66.4 Å². The Morgan fingerprint density at radius 1 is 1.12 bits per heavy atom. The molecule has 0 spiro atoms. The number of carbonyl (C=O) groups excluding carboxylic acids is 1. The first-order valence-corrected chi connectivity index (χ1v) is 12.0. The molecule has 0 aliphatic carbocycles. The van der Waals surface area contributed by atoms with Gasteiger partial charge in [0.05, 0.1) is 29.5 Å². The normalized spacial score (nSPS) is 14.5. The number of piperidine rings is 1. The standard InChI is InChI=1S/C26H26N2O4S/c1-3-31-22-10-8-17-6-4-5-7-20(17)24(22)25(29)28-14-12-18(13-15-28)32-26-27-21-16-19(30-2)9-11-23(21)33-26/h4-11,16,18H,3,12-15H2,1-2H3. The second-order valence-corrected chi connectivity index (χ2v) is 9.01. The lowest BCUT2D eigenvalue weighted by molar-refractivity contribution is 0.0594. The van der Waals surface area contributed by atoms with Crippen LogP contribution in [0.15, 0.2) is 54.6 Å². The third-order valence-electron chi connectivity index (χ3n) is 5.98. The number of rotatable bonds is 6. The zero-order valence-corrected chi connectivity index (χ0v) is 19.6. The number of thiazole rings is 1. The van der Waals surface area contributed by atoms with Crippen LogP contribution in [0, 0.1) is 0 Å². The number of methoxy groups -OCH3 is 1. The number of fused-ring (bicyclic) bond motifs is 2. The predicted octanol–water partition coefficient (Wildman–Crippen LogP) is 5.54. The maximum atomic E-state index is 13.5. The van der Waals surface area contributed by atoms with Crippen LogP contribution in [-0.2, 0) is 0 Å². The molecule has 33 heavy (non-hydrogen) atoms. The van der Waals surface area contributed by atoms with E-state index in [0.717, 1.165) is 39.6 Å². The lowest BCUT2D eigenvalue weighted by Crippen LogP contribution is -2.42. The highest BCUT2D eigenvalue weighted by Crippen LogP contribution is 2.33. The molecule has 0 saturated carbocycles. The van der Waals surface area contributed by atoms with Crippen LogP contribution in [0.2, 0.25) is 0 Å². The predicted molar refractivity (Wildman–Crippen MR) is 131 cm³/mol. The van der Waals surface area contributed by atoms with Crippen LogP contribution < -0.4 is 14.2 Å². The second kappa shape index (κ2) is 9.27. The second-order valence-electron chi connectivity index (χ2n) is 8.02. The Labute approximate surface area is 196 Å². The van der Waals surface area contributed by atoms with Gasteiger partial charge in [-0.15, -0.1) is 0 Å². The molecule has 7 heteroatoms. The maximum Gasteiger partial charge on any atom is 0.274 e. The number of carbonyl (C=O) groups is 1. The molecule has 170 valence electrons. The summed E-state index contributed by atoms with van der Waals surface area (Å²) in [7, 11) is 1.65. The fraction of sp³-hybridized carbons (Fsp3) is 0.308. The molecule has 0 bridgehead atoms. The van der Waals surface area contributed by atoms with Gasteiger partial charge < -0.3 is 19.1 Å². The van der Waals surface area contributed by atoms with Gasteiger partial charge in [-0.2, -0.15) is 0 Å². The largest absolute Gasteiger partial charge is 0.497 e. The lowest BCUT2D eigenvalue weighted by Gasteiger charge is -2.32. The van der Waals surface area contributed by atoms with Crippen LogP contribution in [0.3, 0.4) is 0 Å². The van der Waals surface area contributed by atoms with Crippen molar-refractivity contribution in [1.29, 1.82) is 0 Å². The first kappa shape index (κ1) is 21.5. The topological polar surface area (TPSA) is 60.9 Å². The minimum Gasteiger partial charge on any atom is -0.497 e. The van der Waals surface area contributed by atoms with E-state index < -0.39 is 0 Å². The number of likely N-dealkylation sites (tertiary alicyclic amines) is 1. The van der Waals surface area contributed by atoms with Gasteiger partial charge in [0.15, 0.2) is 0 Å². The maximum absolute atomic E-state index is 13.5. The third-order valence-corrected chi connectivity index (χ3v) is 6.90. The molecule has 1 amide bonds. The minimum absolute atomic E-state index is 0.0146. The van der Waals surface area contributed by atoms with E-state index in [1.54, 1.807) is 7.11 Å². The average Bonchev–Trinajstić information content (AvgIpc) is 3.25. The first-order chi connectivity index (χ1) is 16.2. The molecular formula is C26H26N2O4S. The van der Waals surface area contributed by atoms with Crippen molar-refractivity contribution in [1.82, 2.24) is 9.88 Å². The lowest BCUT2D eigenvalue weighted by atomic mass is 10.0. The van der Waals surface area contributed by atoms with E-state index in [-0.39, 0.29) is 12.0 Å². The average molecular weight is 463 g/mol. The zero-order valence-electron chi connectivity index (χ0n) is 18.7. The number of nitrogens with zero attached hydrogens (tertiary/aromatic N) is 2. The van der Waals surface area contributed by atoms with Gasteiger partial charge >= 0.3 is 0 Å². The summed E-state index contributed by atoms with van der Waals surface area (Å²) in [4.78, 5) is 20.0. The molecule has 1 aliphatic rings. The number of ether oxygens (including phenoxy) is 3. The number of benzene rings is 3. The molecule has 1 saturated heterocycles. The Morgan fingerprint density at radius 2 is 1.94 bits per heavy atom. The Morgan fingerprint density at radius 3 is 2.73 bits per heavy atom. The molecule has 5 rings (SSSR count). The summed E-state index contributed by atoms with van der Waals surface area (Å²) in [6.07, 6.45) is 1.56. The molecule has 0 N–H and O–H groups in total. The highest BCUT2D eigenvalue weighted by molar-refractivity contribution is 7.20. The van der Waals surface area contributed by atoms with E-state index >= 15 is 0 Å². The molecule has 4 aromatic rings. The van der Waals surface area contributed by atoms with Gasteiger partial charge in [0, 0.05) is 32.0 Å². The monoisotopic (exact) mass is 462 g/mol. The zero-order chi connectivity index (χ0) is 22.8. The molecular weight excluding hydrogens is 436 g/mol. The summed E-state index contributed by atoms with van der Waals surface area (Å²) in [5, 5.41) is 2.63. The summed E-state index contributed by atoms with van der Waals surface area (Å²) in [5.74, 6) is 1.44. The summed E-state index contributed by atoms with van der Waals surface area (Å²) in [6.45, 7) is 3.72. The fourth-order valence-electron chi connectivity index (χ4n) is 4.29. The number of amides is 1. The quantitative estimate of drug-likeness (QED) is 0.376. The minimum atomic E-state index is 0.0146. The van der Waals surface area contributed by atoms with Gasteiger partial charge in [0.25, 0.3) is 11.1 Å². The van der Waals surface area contributed by atoms with Gasteiger partial charge in [-0.05, 0) is 35.9 Å². The van der Waals surface area contributed by atoms with Crippen molar-refractivity contribution in [3.8, 4) is 16.7 Å². The van der Waals surface area contributed by atoms with E-state index in [0.29, 0.717) is 36.2 Å². The molecule has 1 fully saturated rings. The van der Waals surface area contributed by atoms with Gasteiger partial charge in [-0.25, -0.2) is 4.98 Å². The molecule has 3 aromatic carbocycles. The molecule has 1 aromatic heterocycles. The van der Waals surface area contributed by atoms with Crippen molar-refractivity contribution in [2.24, 2.45) is 0 Å². The van der Waals surface area contributed by atoms with Crippen molar-refractivity contribution in [2.75, 3.05) is 26.8 Å². The molecule has 0 radical (unpaired) electrons. The third kappa shape index (κ3) is 4.33. The molecule has 2 heterocycles. The van der Waals surface area contributed by atoms with Crippen molar-refractivity contribution in [2.45, 2.75) is 25.9 Å². The van der Waals surface area contributed by atoms with E-state index in [1.165, 1.54) is 11.3 Å². The Balaban J connectivity index is 1.29. The van der Waals surface area contributed by atoms with E-state index in [9.17, 15) is 4.79 Å².